The Bertz CT molecular complexity index is 1250. The summed E-state index contributed by atoms with van der Waals surface area (Å²) in [4.78, 5) is 12.4. The van der Waals surface area contributed by atoms with Crippen molar-refractivity contribution in [3.63, 3.8) is 0 Å². The average Bonchev–Trinajstić information content (AvgIpc) is 3.04. The molecule has 5 nitrogen and oxygen atoms in total. The third-order valence-corrected chi connectivity index (χ3v) is 5.45. The molecule has 0 aliphatic carbocycles. The molecule has 150 valence electrons. The maximum Gasteiger partial charge on any atom is 0.295 e. The van der Waals surface area contributed by atoms with E-state index in [9.17, 15) is 9.90 Å². The number of amides is 1. The molecule has 0 radical (unpaired) electrons. The number of rotatable bonds is 5. The van der Waals surface area contributed by atoms with Gasteiger partial charge in [0.2, 0.25) is 5.88 Å². The monoisotopic (exact) mass is 417 g/mol. The fourth-order valence-electron chi connectivity index (χ4n) is 3.36. The topological polar surface area (TPSA) is 66.9 Å². The molecule has 1 N–H and O–H groups in total. The average molecular weight is 418 g/mol. The van der Waals surface area contributed by atoms with Gasteiger partial charge >= 0.3 is 0 Å². The Kier molecular flexibility index (Phi) is 5.63. The molecular formula is C24H20ClN3O2. The standard InChI is InChI=1S/C24H20ClN3O2/c1-16-11-12-18(15-20(16)25)23(29)27-26-22-19-9-5-6-10-21(19)28(24(22)30)14-13-17-7-3-2-4-8-17/h2-12,15,30H,13-14H2,1H3. The van der Waals surface area contributed by atoms with Crippen molar-refractivity contribution in [3.05, 3.63) is 94.5 Å². The Morgan fingerprint density at radius 3 is 2.53 bits per heavy atom. The highest BCUT2D eigenvalue weighted by atomic mass is 35.5. The van der Waals surface area contributed by atoms with Crippen LogP contribution in [0, 0.1) is 6.92 Å². The molecule has 1 amide bonds. The number of benzene rings is 3. The van der Waals surface area contributed by atoms with Crippen molar-refractivity contribution in [1.29, 1.82) is 0 Å². The van der Waals surface area contributed by atoms with E-state index in [0.717, 1.165) is 22.9 Å². The second-order valence-corrected chi connectivity index (χ2v) is 7.45. The Morgan fingerprint density at radius 1 is 1.03 bits per heavy atom. The molecule has 0 aliphatic rings. The van der Waals surface area contributed by atoms with Gasteiger partial charge in [-0.15, -0.1) is 10.2 Å². The Labute approximate surface area is 179 Å². The molecule has 4 rings (SSSR count). The van der Waals surface area contributed by atoms with Gasteiger partial charge in [0.15, 0.2) is 5.69 Å². The zero-order chi connectivity index (χ0) is 21.1. The van der Waals surface area contributed by atoms with Crippen molar-refractivity contribution in [2.24, 2.45) is 10.2 Å². The van der Waals surface area contributed by atoms with Crippen molar-refractivity contribution in [3.8, 4) is 5.88 Å². The number of hydrogen-bond acceptors (Lipinski definition) is 3. The Hall–Kier alpha value is -3.44. The number of azo groups is 1. The summed E-state index contributed by atoms with van der Waals surface area (Å²) >= 11 is 6.10. The molecule has 3 aromatic carbocycles. The van der Waals surface area contributed by atoms with Gasteiger partial charge in [-0.3, -0.25) is 4.79 Å². The molecule has 0 atom stereocenters. The molecule has 0 saturated heterocycles. The van der Waals surface area contributed by atoms with E-state index in [1.165, 1.54) is 5.56 Å². The number of carbonyl (C=O) groups excluding carboxylic acids is 1. The fourth-order valence-corrected chi connectivity index (χ4v) is 3.54. The van der Waals surface area contributed by atoms with E-state index in [4.69, 9.17) is 11.6 Å². The third-order valence-electron chi connectivity index (χ3n) is 5.04. The van der Waals surface area contributed by atoms with E-state index in [-0.39, 0.29) is 11.6 Å². The number of fused-ring (bicyclic) bond motifs is 1. The first-order valence-electron chi connectivity index (χ1n) is 9.61. The van der Waals surface area contributed by atoms with Crippen LogP contribution in [-0.4, -0.2) is 15.6 Å². The van der Waals surface area contributed by atoms with E-state index >= 15 is 0 Å². The van der Waals surface area contributed by atoms with Crippen LogP contribution >= 0.6 is 11.6 Å². The van der Waals surface area contributed by atoms with Gasteiger partial charge in [-0.05, 0) is 42.7 Å². The highest BCUT2D eigenvalue weighted by molar-refractivity contribution is 6.31. The molecule has 1 aromatic heterocycles. The second kappa shape index (κ2) is 8.51. The van der Waals surface area contributed by atoms with Crippen LogP contribution in [0.4, 0.5) is 5.69 Å². The number of aromatic nitrogens is 1. The van der Waals surface area contributed by atoms with Gasteiger partial charge < -0.3 is 9.67 Å². The third kappa shape index (κ3) is 3.98. The Morgan fingerprint density at radius 2 is 1.77 bits per heavy atom. The molecule has 0 saturated carbocycles. The minimum atomic E-state index is -0.516. The predicted octanol–water partition coefficient (Wildman–Crippen LogP) is 6.48. The highest BCUT2D eigenvalue weighted by Crippen LogP contribution is 2.39. The van der Waals surface area contributed by atoms with E-state index in [0.29, 0.717) is 17.1 Å². The molecular weight excluding hydrogens is 398 g/mol. The van der Waals surface area contributed by atoms with Crippen LogP contribution in [0.5, 0.6) is 5.88 Å². The summed E-state index contributed by atoms with van der Waals surface area (Å²) in [5.74, 6) is -0.525. The minimum Gasteiger partial charge on any atom is -0.493 e. The van der Waals surface area contributed by atoms with Crippen LogP contribution in [0.2, 0.25) is 5.02 Å². The van der Waals surface area contributed by atoms with Crippen molar-refractivity contribution in [2.75, 3.05) is 0 Å². The smallest absolute Gasteiger partial charge is 0.295 e. The van der Waals surface area contributed by atoms with Gasteiger partial charge in [-0.2, -0.15) is 0 Å². The number of halogens is 1. The summed E-state index contributed by atoms with van der Waals surface area (Å²) in [6.07, 6.45) is 0.754. The zero-order valence-electron chi connectivity index (χ0n) is 16.4. The molecule has 0 unspecified atom stereocenters. The second-order valence-electron chi connectivity index (χ2n) is 7.05. The lowest BCUT2D eigenvalue weighted by molar-refractivity contribution is 0.0995. The van der Waals surface area contributed by atoms with Crippen LogP contribution in [0.15, 0.2) is 83.0 Å². The summed E-state index contributed by atoms with van der Waals surface area (Å²) in [5.41, 5.74) is 3.52. The Balaban J connectivity index is 1.65. The summed E-state index contributed by atoms with van der Waals surface area (Å²) < 4.78 is 1.80. The number of aryl methyl sites for hydroxylation is 3. The normalized spacial score (nSPS) is 11.4. The molecule has 0 bridgehead atoms. The van der Waals surface area contributed by atoms with Crippen molar-refractivity contribution < 1.29 is 9.90 Å². The predicted molar refractivity (Wildman–Crippen MR) is 119 cm³/mol. The lowest BCUT2D eigenvalue weighted by Crippen LogP contribution is -2.00. The van der Waals surface area contributed by atoms with Crippen LogP contribution in [0.3, 0.4) is 0 Å². The van der Waals surface area contributed by atoms with Crippen molar-refractivity contribution in [1.82, 2.24) is 4.57 Å². The first-order valence-corrected chi connectivity index (χ1v) is 9.98. The van der Waals surface area contributed by atoms with E-state index in [2.05, 4.69) is 22.4 Å². The van der Waals surface area contributed by atoms with E-state index < -0.39 is 5.91 Å². The van der Waals surface area contributed by atoms with Crippen molar-refractivity contribution >= 4 is 34.1 Å². The molecule has 0 spiro atoms. The molecule has 0 aliphatic heterocycles. The van der Waals surface area contributed by atoms with Gasteiger partial charge in [-0.25, -0.2) is 0 Å². The van der Waals surface area contributed by atoms with Crippen LogP contribution in [0.25, 0.3) is 10.9 Å². The van der Waals surface area contributed by atoms with Gasteiger partial charge in [0, 0.05) is 22.5 Å². The van der Waals surface area contributed by atoms with Gasteiger partial charge in [-0.1, -0.05) is 66.2 Å². The minimum absolute atomic E-state index is 0.00869. The maximum atomic E-state index is 12.4. The van der Waals surface area contributed by atoms with E-state index in [1.807, 2.05) is 49.4 Å². The zero-order valence-corrected chi connectivity index (χ0v) is 17.2. The number of aromatic hydroxyl groups is 1. The van der Waals surface area contributed by atoms with Crippen molar-refractivity contribution in [2.45, 2.75) is 19.9 Å². The SMILES string of the molecule is Cc1ccc(C(=O)N=Nc2c(O)n(CCc3ccccc3)c3ccccc23)cc1Cl. The first kappa shape index (κ1) is 19.9. The number of nitrogens with zero attached hydrogens (tertiary/aromatic N) is 3. The molecule has 1 heterocycles. The summed E-state index contributed by atoms with van der Waals surface area (Å²) in [7, 11) is 0. The lowest BCUT2D eigenvalue weighted by atomic mass is 10.1. The van der Waals surface area contributed by atoms with Gasteiger partial charge in [0.05, 0.1) is 5.52 Å². The first-order chi connectivity index (χ1) is 14.5. The molecule has 30 heavy (non-hydrogen) atoms. The summed E-state index contributed by atoms with van der Waals surface area (Å²) in [6.45, 7) is 2.44. The molecule has 0 fully saturated rings. The number of carbonyl (C=O) groups is 1. The van der Waals surface area contributed by atoms with Crippen LogP contribution < -0.4 is 0 Å². The number of hydrogen-bond donors (Lipinski definition) is 1. The maximum absolute atomic E-state index is 12.4. The largest absolute Gasteiger partial charge is 0.493 e. The van der Waals surface area contributed by atoms with Crippen LogP contribution in [0.1, 0.15) is 21.5 Å². The quantitative estimate of drug-likeness (QED) is 0.378. The van der Waals surface area contributed by atoms with Crippen LogP contribution in [-0.2, 0) is 13.0 Å². The summed E-state index contributed by atoms with van der Waals surface area (Å²) in [6, 6.07) is 22.6. The lowest BCUT2D eigenvalue weighted by Gasteiger charge is -2.07. The molecule has 6 heteroatoms. The highest BCUT2D eigenvalue weighted by Gasteiger charge is 2.17. The number of para-hydroxylation sites is 1. The van der Waals surface area contributed by atoms with Gasteiger partial charge in [0.1, 0.15) is 0 Å². The van der Waals surface area contributed by atoms with E-state index in [1.54, 1.807) is 22.8 Å². The fraction of sp³-hybridized carbons (Fsp3) is 0.125. The molecule has 4 aromatic rings. The van der Waals surface area contributed by atoms with Gasteiger partial charge in [0.25, 0.3) is 5.91 Å². The summed E-state index contributed by atoms with van der Waals surface area (Å²) in [5, 5.41) is 20.0.